The monoisotopic (exact) mass is 399 g/mol. The average molecular weight is 399 g/mol. The lowest BCUT2D eigenvalue weighted by atomic mass is 9.80. The lowest BCUT2D eigenvalue weighted by molar-refractivity contribution is 0.0224. The Bertz CT molecular complexity index is 880. The van der Waals surface area contributed by atoms with Crippen LogP contribution in [0.15, 0.2) is 18.2 Å². The van der Waals surface area contributed by atoms with Gasteiger partial charge in [0.15, 0.2) is 0 Å². The fourth-order valence-electron chi connectivity index (χ4n) is 3.80. The van der Waals surface area contributed by atoms with Crippen molar-refractivity contribution in [1.29, 1.82) is 0 Å². The van der Waals surface area contributed by atoms with E-state index >= 15 is 0 Å². The van der Waals surface area contributed by atoms with E-state index in [0.717, 1.165) is 35.3 Å². The number of para-hydroxylation sites is 1. The summed E-state index contributed by atoms with van der Waals surface area (Å²) in [5.74, 6) is 0. The molecule has 1 amide bonds. The number of nitrogens with zero attached hydrogens (tertiary/aromatic N) is 3. The second-order valence-electron chi connectivity index (χ2n) is 8.38. The van der Waals surface area contributed by atoms with Crippen LogP contribution in [0.1, 0.15) is 57.0 Å². The summed E-state index contributed by atoms with van der Waals surface area (Å²) in [6.45, 7) is 10.4. The van der Waals surface area contributed by atoms with Crippen LogP contribution in [0, 0.1) is 0 Å². The van der Waals surface area contributed by atoms with Crippen molar-refractivity contribution in [1.82, 2.24) is 14.7 Å². The van der Waals surface area contributed by atoms with Gasteiger partial charge in [-0.3, -0.25) is 0 Å². The number of ether oxygens (including phenoxy) is 1. The highest BCUT2D eigenvalue weighted by molar-refractivity contribution is 6.58. The van der Waals surface area contributed by atoms with Gasteiger partial charge in [0.1, 0.15) is 5.60 Å². The van der Waals surface area contributed by atoms with E-state index in [-0.39, 0.29) is 6.54 Å². The van der Waals surface area contributed by atoms with Gasteiger partial charge in [-0.2, -0.15) is 5.10 Å². The number of benzene rings is 1. The van der Waals surface area contributed by atoms with Gasteiger partial charge in [-0.05, 0) is 44.7 Å². The number of hydrogen-bond acceptors (Lipinski definition) is 5. The van der Waals surface area contributed by atoms with Gasteiger partial charge in [-0.25, -0.2) is 9.48 Å². The van der Waals surface area contributed by atoms with E-state index in [2.05, 4.69) is 13.8 Å². The molecule has 0 radical (unpaired) electrons. The lowest BCUT2D eigenvalue weighted by Crippen LogP contribution is -2.44. The first-order chi connectivity index (χ1) is 13.7. The standard InChI is InChI=1S/C21H30BN3O4/c1-6-14-9-8-10-15(7-2)18(14)25-19(22(27)28)16-13-24(12-11-17(16)23-25)20(26)29-21(3,4)5/h8-10,27-28H,6-7,11-13H2,1-5H3. The van der Waals surface area contributed by atoms with Crippen LogP contribution in [0.3, 0.4) is 0 Å². The molecule has 2 heterocycles. The normalized spacial score (nSPS) is 14.0. The van der Waals surface area contributed by atoms with Crippen molar-refractivity contribution in [2.75, 3.05) is 6.54 Å². The maximum absolute atomic E-state index is 12.5. The van der Waals surface area contributed by atoms with Crippen molar-refractivity contribution in [3.63, 3.8) is 0 Å². The number of fused-ring (bicyclic) bond motifs is 1. The van der Waals surface area contributed by atoms with Crippen LogP contribution in [0.4, 0.5) is 4.79 Å². The molecular formula is C21H30BN3O4. The van der Waals surface area contributed by atoms with Gasteiger partial charge < -0.3 is 19.7 Å². The van der Waals surface area contributed by atoms with E-state index < -0.39 is 18.8 Å². The fraction of sp³-hybridized carbons (Fsp3) is 0.524. The highest BCUT2D eigenvalue weighted by Crippen LogP contribution is 2.25. The molecule has 0 bridgehead atoms. The van der Waals surface area contributed by atoms with Crippen molar-refractivity contribution < 1.29 is 19.6 Å². The third-order valence-corrected chi connectivity index (χ3v) is 5.15. The minimum Gasteiger partial charge on any atom is -0.444 e. The Morgan fingerprint density at radius 1 is 1.21 bits per heavy atom. The second kappa shape index (κ2) is 8.20. The summed E-state index contributed by atoms with van der Waals surface area (Å²) in [7, 11) is -1.69. The van der Waals surface area contributed by atoms with Gasteiger partial charge in [0.05, 0.1) is 23.5 Å². The van der Waals surface area contributed by atoms with E-state index in [1.165, 1.54) is 0 Å². The Labute approximate surface area is 172 Å². The molecule has 0 unspecified atom stereocenters. The minimum absolute atomic E-state index is 0.243. The summed E-state index contributed by atoms with van der Waals surface area (Å²) in [5, 5.41) is 25.2. The zero-order valence-electron chi connectivity index (χ0n) is 17.9. The molecule has 1 aliphatic heterocycles. The molecule has 0 saturated carbocycles. The van der Waals surface area contributed by atoms with Crippen LogP contribution in [-0.2, 0) is 30.5 Å². The molecule has 1 aromatic carbocycles. The Balaban J connectivity index is 2.07. The topological polar surface area (TPSA) is 87.8 Å². The molecule has 29 heavy (non-hydrogen) atoms. The molecule has 0 spiro atoms. The minimum atomic E-state index is -1.69. The third-order valence-electron chi connectivity index (χ3n) is 5.15. The Kier molecular flexibility index (Phi) is 6.05. The van der Waals surface area contributed by atoms with Crippen LogP contribution in [0.25, 0.3) is 5.69 Å². The summed E-state index contributed by atoms with van der Waals surface area (Å²) in [6.07, 6.45) is 1.74. The molecule has 0 fully saturated rings. The predicted octanol–water partition coefficient (Wildman–Crippen LogP) is 1.97. The number of aryl methyl sites for hydroxylation is 2. The fourth-order valence-corrected chi connectivity index (χ4v) is 3.80. The molecule has 2 N–H and O–H groups in total. The van der Waals surface area contributed by atoms with Crippen LogP contribution in [-0.4, -0.2) is 50.1 Å². The lowest BCUT2D eigenvalue weighted by Gasteiger charge is -2.30. The molecule has 3 rings (SSSR count). The van der Waals surface area contributed by atoms with E-state index in [9.17, 15) is 14.8 Å². The molecule has 2 aromatic rings. The Hall–Kier alpha value is -2.32. The van der Waals surface area contributed by atoms with E-state index in [1.54, 1.807) is 9.58 Å². The van der Waals surface area contributed by atoms with Crippen LogP contribution in [0.5, 0.6) is 0 Å². The molecule has 1 aliphatic rings. The molecule has 0 saturated heterocycles. The van der Waals surface area contributed by atoms with Gasteiger partial charge in [0.2, 0.25) is 0 Å². The van der Waals surface area contributed by atoms with Crippen molar-refractivity contribution in [2.24, 2.45) is 0 Å². The predicted molar refractivity (Wildman–Crippen MR) is 112 cm³/mol. The summed E-state index contributed by atoms with van der Waals surface area (Å²) < 4.78 is 7.16. The Morgan fingerprint density at radius 2 is 1.83 bits per heavy atom. The average Bonchev–Trinajstić information content (AvgIpc) is 3.04. The molecule has 7 nitrogen and oxygen atoms in total. The first-order valence-corrected chi connectivity index (χ1v) is 10.2. The molecule has 0 aliphatic carbocycles. The number of carbonyl (C=O) groups excluding carboxylic acids is 1. The van der Waals surface area contributed by atoms with E-state index in [4.69, 9.17) is 9.84 Å². The summed E-state index contributed by atoms with van der Waals surface area (Å²) >= 11 is 0. The van der Waals surface area contributed by atoms with Crippen LogP contribution in [0.2, 0.25) is 0 Å². The molecule has 0 atom stereocenters. The van der Waals surface area contributed by atoms with E-state index in [1.807, 2.05) is 39.0 Å². The van der Waals surface area contributed by atoms with E-state index in [0.29, 0.717) is 24.1 Å². The number of carbonyl (C=O) groups is 1. The second-order valence-corrected chi connectivity index (χ2v) is 8.38. The van der Waals surface area contributed by atoms with Gasteiger partial charge >= 0.3 is 13.2 Å². The number of hydrogen-bond donors (Lipinski definition) is 2. The number of amides is 1. The zero-order valence-corrected chi connectivity index (χ0v) is 17.9. The van der Waals surface area contributed by atoms with Crippen molar-refractivity contribution in [3.05, 3.63) is 40.6 Å². The number of rotatable bonds is 4. The summed E-state index contributed by atoms with van der Waals surface area (Å²) in [5.41, 5.74) is 4.30. The first kappa shape index (κ1) is 21.4. The molecular weight excluding hydrogens is 369 g/mol. The largest absolute Gasteiger partial charge is 0.508 e. The van der Waals surface area contributed by atoms with Gasteiger partial charge in [-0.1, -0.05) is 32.0 Å². The van der Waals surface area contributed by atoms with Crippen molar-refractivity contribution >= 4 is 18.8 Å². The van der Waals surface area contributed by atoms with Crippen LogP contribution < -0.4 is 5.59 Å². The Morgan fingerprint density at radius 3 is 2.34 bits per heavy atom. The summed E-state index contributed by atoms with van der Waals surface area (Å²) in [6, 6.07) is 6.09. The van der Waals surface area contributed by atoms with Gasteiger partial charge in [0.25, 0.3) is 0 Å². The molecule has 8 heteroatoms. The quantitative estimate of drug-likeness (QED) is 0.768. The van der Waals surface area contributed by atoms with Gasteiger partial charge in [-0.15, -0.1) is 0 Å². The van der Waals surface area contributed by atoms with Crippen molar-refractivity contribution in [2.45, 2.75) is 66.0 Å². The summed E-state index contributed by atoms with van der Waals surface area (Å²) in [4.78, 5) is 14.1. The van der Waals surface area contributed by atoms with Crippen molar-refractivity contribution in [3.8, 4) is 5.69 Å². The maximum atomic E-state index is 12.5. The highest BCUT2D eigenvalue weighted by atomic mass is 16.6. The first-order valence-electron chi connectivity index (χ1n) is 10.2. The van der Waals surface area contributed by atoms with Crippen LogP contribution >= 0.6 is 0 Å². The molecule has 156 valence electrons. The SMILES string of the molecule is CCc1cccc(CC)c1-n1nc2c(c1B(O)O)CN(C(=O)OC(C)(C)C)CC2. The smallest absolute Gasteiger partial charge is 0.444 e. The highest BCUT2D eigenvalue weighted by Gasteiger charge is 2.34. The number of aromatic nitrogens is 2. The molecule has 1 aromatic heterocycles. The zero-order chi connectivity index (χ0) is 21.3. The maximum Gasteiger partial charge on any atom is 0.508 e. The third kappa shape index (κ3) is 4.33. The van der Waals surface area contributed by atoms with Gasteiger partial charge in [0, 0.05) is 18.5 Å².